The van der Waals surface area contributed by atoms with Gasteiger partial charge in [0.25, 0.3) is 0 Å². The van der Waals surface area contributed by atoms with Gasteiger partial charge in [-0.25, -0.2) is 4.79 Å². The monoisotopic (exact) mass is 372 g/mol. The molecule has 25 heavy (non-hydrogen) atoms. The number of aromatic hydroxyl groups is 1. The molecule has 1 N–H and O–H groups in total. The van der Waals surface area contributed by atoms with Crippen LogP contribution in [0, 0.1) is 0 Å². The standard InChI is InChI=1S/C20H17ClO3S/c1-12(2)15-5-3-4-6-18(15)25-19-16(22)11-17(24-20(19)23)13-7-9-14(21)10-8-13/h3-12,22H,1-2H3. The Hall–Kier alpha value is -2.17. The average Bonchev–Trinajstić information content (AvgIpc) is 2.59. The van der Waals surface area contributed by atoms with Crippen LogP contribution in [-0.4, -0.2) is 5.11 Å². The normalized spacial score (nSPS) is 11.0. The van der Waals surface area contributed by atoms with E-state index in [-0.39, 0.29) is 10.6 Å². The molecule has 0 bridgehead atoms. The summed E-state index contributed by atoms with van der Waals surface area (Å²) >= 11 is 7.10. The van der Waals surface area contributed by atoms with Gasteiger partial charge in [0.1, 0.15) is 16.4 Å². The Morgan fingerprint density at radius 3 is 2.40 bits per heavy atom. The molecule has 1 heterocycles. The second-order valence-corrected chi connectivity index (χ2v) is 7.40. The molecule has 0 fully saturated rings. The summed E-state index contributed by atoms with van der Waals surface area (Å²) in [5.41, 5.74) is 1.23. The first-order chi connectivity index (χ1) is 12.0. The molecule has 0 aliphatic carbocycles. The highest BCUT2D eigenvalue weighted by atomic mass is 35.5. The molecule has 0 radical (unpaired) electrons. The molecule has 0 saturated heterocycles. The highest BCUT2D eigenvalue weighted by Crippen LogP contribution is 2.37. The topological polar surface area (TPSA) is 50.4 Å². The van der Waals surface area contributed by atoms with Gasteiger partial charge in [-0.15, -0.1) is 0 Å². The summed E-state index contributed by atoms with van der Waals surface area (Å²) in [4.78, 5) is 13.5. The fourth-order valence-electron chi connectivity index (χ4n) is 2.48. The second kappa shape index (κ2) is 7.38. The molecule has 2 aromatic carbocycles. The van der Waals surface area contributed by atoms with Gasteiger partial charge in [-0.05, 0) is 41.8 Å². The van der Waals surface area contributed by atoms with E-state index in [1.165, 1.54) is 17.8 Å². The molecular weight excluding hydrogens is 356 g/mol. The maximum Gasteiger partial charge on any atom is 0.354 e. The van der Waals surface area contributed by atoms with Crippen molar-refractivity contribution in [3.63, 3.8) is 0 Å². The van der Waals surface area contributed by atoms with Crippen LogP contribution in [0.25, 0.3) is 11.3 Å². The maximum absolute atomic E-state index is 12.4. The van der Waals surface area contributed by atoms with Crippen molar-refractivity contribution in [3.05, 3.63) is 75.6 Å². The van der Waals surface area contributed by atoms with Crippen molar-refractivity contribution in [1.29, 1.82) is 0 Å². The molecule has 0 spiro atoms. The summed E-state index contributed by atoms with van der Waals surface area (Å²) < 4.78 is 5.41. The third kappa shape index (κ3) is 3.91. The number of benzene rings is 2. The van der Waals surface area contributed by atoms with Crippen LogP contribution >= 0.6 is 23.4 Å². The molecule has 0 unspecified atom stereocenters. The molecule has 3 aromatic rings. The number of hydrogen-bond donors (Lipinski definition) is 1. The maximum atomic E-state index is 12.4. The molecule has 128 valence electrons. The zero-order valence-electron chi connectivity index (χ0n) is 13.8. The SMILES string of the molecule is CC(C)c1ccccc1Sc1c(O)cc(-c2ccc(Cl)cc2)oc1=O. The molecule has 0 aliphatic rings. The summed E-state index contributed by atoms with van der Waals surface area (Å²) in [5.74, 6) is 0.525. The molecule has 0 amide bonds. The van der Waals surface area contributed by atoms with Gasteiger partial charge in [0.2, 0.25) is 0 Å². The second-order valence-electron chi connectivity index (χ2n) is 5.91. The van der Waals surface area contributed by atoms with E-state index in [2.05, 4.69) is 13.8 Å². The highest BCUT2D eigenvalue weighted by Gasteiger charge is 2.16. The van der Waals surface area contributed by atoms with Crippen molar-refractivity contribution in [2.75, 3.05) is 0 Å². The summed E-state index contributed by atoms with van der Waals surface area (Å²) in [6, 6.07) is 16.2. The van der Waals surface area contributed by atoms with Crippen LogP contribution in [0.2, 0.25) is 5.02 Å². The average molecular weight is 373 g/mol. The van der Waals surface area contributed by atoms with Gasteiger partial charge >= 0.3 is 5.63 Å². The third-order valence-corrected chi connectivity index (χ3v) is 5.19. The van der Waals surface area contributed by atoms with E-state index in [0.29, 0.717) is 22.3 Å². The zero-order chi connectivity index (χ0) is 18.0. The number of rotatable bonds is 4. The third-order valence-electron chi connectivity index (χ3n) is 3.77. The summed E-state index contributed by atoms with van der Waals surface area (Å²) in [6.07, 6.45) is 0. The van der Waals surface area contributed by atoms with Crippen LogP contribution in [-0.2, 0) is 0 Å². The largest absolute Gasteiger partial charge is 0.506 e. The van der Waals surface area contributed by atoms with Gasteiger partial charge < -0.3 is 9.52 Å². The molecule has 1 aromatic heterocycles. The van der Waals surface area contributed by atoms with Crippen LogP contribution in [0.15, 0.2) is 73.6 Å². The first-order valence-corrected chi connectivity index (χ1v) is 9.05. The van der Waals surface area contributed by atoms with Crippen LogP contribution in [0.3, 0.4) is 0 Å². The molecule has 5 heteroatoms. The van der Waals surface area contributed by atoms with Crippen LogP contribution in [0.4, 0.5) is 0 Å². The lowest BCUT2D eigenvalue weighted by Crippen LogP contribution is -2.03. The van der Waals surface area contributed by atoms with E-state index in [1.807, 2.05) is 24.3 Å². The van der Waals surface area contributed by atoms with E-state index >= 15 is 0 Å². The Labute approximate surface area is 155 Å². The van der Waals surface area contributed by atoms with Crippen molar-refractivity contribution in [2.45, 2.75) is 29.6 Å². The lowest BCUT2D eigenvalue weighted by atomic mass is 10.0. The fourth-order valence-corrected chi connectivity index (χ4v) is 3.68. The van der Waals surface area contributed by atoms with Gasteiger partial charge in [-0.1, -0.05) is 55.4 Å². The molecule has 0 saturated carbocycles. The Morgan fingerprint density at radius 1 is 1.08 bits per heavy atom. The van der Waals surface area contributed by atoms with E-state index in [9.17, 15) is 9.90 Å². The van der Waals surface area contributed by atoms with Crippen molar-refractivity contribution < 1.29 is 9.52 Å². The quantitative estimate of drug-likeness (QED) is 0.615. The Balaban J connectivity index is 1.99. The van der Waals surface area contributed by atoms with Gasteiger partial charge in [-0.2, -0.15) is 0 Å². The lowest BCUT2D eigenvalue weighted by Gasteiger charge is -2.12. The van der Waals surface area contributed by atoms with Gasteiger partial charge in [0.05, 0.1) is 0 Å². The number of halogens is 1. The predicted molar refractivity (Wildman–Crippen MR) is 102 cm³/mol. The van der Waals surface area contributed by atoms with Gasteiger partial charge in [0, 0.05) is 21.5 Å². The molecule has 0 atom stereocenters. The Bertz CT molecular complexity index is 946. The Morgan fingerprint density at radius 2 is 1.76 bits per heavy atom. The van der Waals surface area contributed by atoms with Crippen LogP contribution in [0.1, 0.15) is 25.3 Å². The van der Waals surface area contributed by atoms with E-state index < -0.39 is 5.63 Å². The van der Waals surface area contributed by atoms with E-state index in [0.717, 1.165) is 10.5 Å². The fraction of sp³-hybridized carbons (Fsp3) is 0.150. The minimum Gasteiger partial charge on any atom is -0.506 e. The van der Waals surface area contributed by atoms with Crippen molar-refractivity contribution in [1.82, 2.24) is 0 Å². The minimum absolute atomic E-state index is 0.0928. The van der Waals surface area contributed by atoms with E-state index in [4.69, 9.17) is 16.0 Å². The molecule has 3 nitrogen and oxygen atoms in total. The first-order valence-electron chi connectivity index (χ1n) is 7.85. The Kier molecular flexibility index (Phi) is 5.21. The van der Waals surface area contributed by atoms with Crippen molar-refractivity contribution in [2.24, 2.45) is 0 Å². The van der Waals surface area contributed by atoms with Gasteiger partial charge in [0.15, 0.2) is 0 Å². The summed E-state index contributed by atoms with van der Waals surface area (Å²) in [7, 11) is 0. The molecular formula is C20H17ClO3S. The van der Waals surface area contributed by atoms with Crippen molar-refractivity contribution >= 4 is 23.4 Å². The molecule has 3 rings (SSSR count). The minimum atomic E-state index is -0.562. The van der Waals surface area contributed by atoms with E-state index in [1.54, 1.807) is 24.3 Å². The lowest BCUT2D eigenvalue weighted by molar-refractivity contribution is 0.430. The summed E-state index contributed by atoms with van der Waals surface area (Å²) in [6.45, 7) is 4.18. The zero-order valence-corrected chi connectivity index (χ0v) is 15.4. The predicted octanol–water partition coefficient (Wildman–Crippen LogP) is 5.94. The number of hydrogen-bond acceptors (Lipinski definition) is 4. The highest BCUT2D eigenvalue weighted by molar-refractivity contribution is 7.99. The summed E-state index contributed by atoms with van der Waals surface area (Å²) in [5, 5.41) is 11.0. The smallest absolute Gasteiger partial charge is 0.354 e. The van der Waals surface area contributed by atoms with Crippen LogP contribution < -0.4 is 5.63 Å². The van der Waals surface area contributed by atoms with Crippen molar-refractivity contribution in [3.8, 4) is 17.1 Å². The molecule has 0 aliphatic heterocycles. The first kappa shape index (κ1) is 17.6. The van der Waals surface area contributed by atoms with Crippen LogP contribution in [0.5, 0.6) is 5.75 Å². The van der Waals surface area contributed by atoms with Gasteiger partial charge in [-0.3, -0.25) is 0 Å².